The molecule has 2 N–H and O–H groups in total. The highest BCUT2D eigenvalue weighted by atomic mass is 16.5. The number of amides is 1. The van der Waals surface area contributed by atoms with Crippen LogP contribution in [0.3, 0.4) is 0 Å². The number of methoxy groups -OCH3 is 1. The molecule has 1 fully saturated rings. The predicted octanol–water partition coefficient (Wildman–Crippen LogP) is 2.68. The van der Waals surface area contributed by atoms with Gasteiger partial charge in [-0.25, -0.2) is 0 Å². The maximum atomic E-state index is 11.2. The molecular formula is C15H21NO2. The number of hydrogen-bond donors (Lipinski definition) is 1. The molecule has 1 aliphatic carbocycles. The minimum atomic E-state index is -0.229. The number of rotatable bonds is 5. The third-order valence-corrected chi connectivity index (χ3v) is 3.86. The van der Waals surface area contributed by atoms with E-state index in [4.69, 9.17) is 10.5 Å². The zero-order chi connectivity index (χ0) is 13.3. The van der Waals surface area contributed by atoms with Crippen LogP contribution in [0, 0.1) is 19.8 Å². The van der Waals surface area contributed by atoms with Gasteiger partial charge in [0, 0.05) is 6.42 Å². The van der Waals surface area contributed by atoms with Crippen LogP contribution in [0.2, 0.25) is 0 Å². The lowest BCUT2D eigenvalue weighted by atomic mass is 9.88. The molecule has 0 aliphatic heterocycles. The number of carbonyl (C=O) groups is 1. The van der Waals surface area contributed by atoms with Gasteiger partial charge in [-0.05, 0) is 61.3 Å². The normalized spacial score (nSPS) is 16.4. The molecular weight excluding hydrogens is 226 g/mol. The summed E-state index contributed by atoms with van der Waals surface area (Å²) in [6.45, 7) is 4.16. The Morgan fingerprint density at radius 3 is 2.50 bits per heavy atom. The van der Waals surface area contributed by atoms with Gasteiger partial charge in [-0.2, -0.15) is 0 Å². The molecule has 98 valence electrons. The molecule has 0 saturated heterocycles. The topological polar surface area (TPSA) is 52.3 Å². The molecule has 1 unspecified atom stereocenters. The van der Waals surface area contributed by atoms with Crippen molar-refractivity contribution < 1.29 is 9.53 Å². The number of primary amides is 1. The Bertz CT molecular complexity index is 464. The molecule has 0 spiro atoms. The van der Waals surface area contributed by atoms with Crippen LogP contribution in [0.5, 0.6) is 5.75 Å². The summed E-state index contributed by atoms with van der Waals surface area (Å²) >= 11 is 0. The molecule has 0 aromatic heterocycles. The molecule has 0 heterocycles. The lowest BCUT2D eigenvalue weighted by molar-refractivity contribution is -0.118. The molecule has 1 aliphatic rings. The first-order chi connectivity index (χ1) is 8.52. The van der Waals surface area contributed by atoms with Crippen LogP contribution in [-0.2, 0) is 4.79 Å². The number of aryl methyl sites for hydroxylation is 2. The quantitative estimate of drug-likeness (QED) is 0.869. The largest absolute Gasteiger partial charge is 0.496 e. The van der Waals surface area contributed by atoms with Gasteiger partial charge >= 0.3 is 0 Å². The highest BCUT2D eigenvalue weighted by Gasteiger charge is 2.35. The van der Waals surface area contributed by atoms with Crippen LogP contribution in [0.15, 0.2) is 12.1 Å². The van der Waals surface area contributed by atoms with E-state index in [1.807, 2.05) is 0 Å². The minimum absolute atomic E-state index is 0.219. The van der Waals surface area contributed by atoms with Gasteiger partial charge in [0.15, 0.2) is 0 Å². The number of hydrogen-bond acceptors (Lipinski definition) is 2. The highest BCUT2D eigenvalue weighted by Crippen LogP contribution is 2.47. The fourth-order valence-corrected chi connectivity index (χ4v) is 2.52. The van der Waals surface area contributed by atoms with Crippen molar-refractivity contribution in [3.8, 4) is 5.75 Å². The van der Waals surface area contributed by atoms with Crippen LogP contribution in [0.4, 0.5) is 0 Å². The molecule has 1 saturated carbocycles. The van der Waals surface area contributed by atoms with E-state index in [2.05, 4.69) is 26.0 Å². The second-order valence-corrected chi connectivity index (χ2v) is 5.29. The predicted molar refractivity (Wildman–Crippen MR) is 71.7 cm³/mol. The van der Waals surface area contributed by atoms with E-state index in [9.17, 15) is 4.79 Å². The standard InChI is InChI=1S/C15H21NO2/c1-9-6-13(14(18-3)7-10(9)2)12(8-15(16)17)11-4-5-11/h6-7,11-12H,4-5,8H2,1-3H3,(H2,16,17). The molecule has 1 aromatic carbocycles. The molecule has 0 bridgehead atoms. The van der Waals surface area contributed by atoms with Gasteiger partial charge in [0.25, 0.3) is 0 Å². The number of nitrogens with two attached hydrogens (primary N) is 1. The third kappa shape index (κ3) is 2.66. The zero-order valence-electron chi connectivity index (χ0n) is 11.3. The van der Waals surface area contributed by atoms with E-state index in [0.29, 0.717) is 12.3 Å². The molecule has 1 amide bonds. The summed E-state index contributed by atoms with van der Waals surface area (Å²) in [5, 5.41) is 0. The van der Waals surface area contributed by atoms with E-state index >= 15 is 0 Å². The third-order valence-electron chi connectivity index (χ3n) is 3.86. The Morgan fingerprint density at radius 2 is 2.00 bits per heavy atom. The molecule has 0 radical (unpaired) electrons. The molecule has 2 rings (SSSR count). The van der Waals surface area contributed by atoms with Crippen LogP contribution in [0.25, 0.3) is 0 Å². The van der Waals surface area contributed by atoms with E-state index in [1.54, 1.807) is 7.11 Å². The summed E-state index contributed by atoms with van der Waals surface area (Å²) < 4.78 is 5.47. The first-order valence-electron chi connectivity index (χ1n) is 6.46. The van der Waals surface area contributed by atoms with Gasteiger partial charge in [-0.15, -0.1) is 0 Å². The summed E-state index contributed by atoms with van der Waals surface area (Å²) in [5.74, 6) is 1.47. The van der Waals surface area contributed by atoms with Crippen molar-refractivity contribution in [2.45, 2.75) is 39.0 Å². The molecule has 1 atom stereocenters. The maximum absolute atomic E-state index is 11.2. The lowest BCUT2D eigenvalue weighted by Crippen LogP contribution is -2.17. The van der Waals surface area contributed by atoms with Crippen molar-refractivity contribution in [3.05, 3.63) is 28.8 Å². The minimum Gasteiger partial charge on any atom is -0.496 e. The smallest absolute Gasteiger partial charge is 0.218 e. The van der Waals surface area contributed by atoms with Crippen molar-refractivity contribution in [1.82, 2.24) is 0 Å². The first-order valence-corrected chi connectivity index (χ1v) is 6.46. The number of benzene rings is 1. The molecule has 18 heavy (non-hydrogen) atoms. The fourth-order valence-electron chi connectivity index (χ4n) is 2.52. The second kappa shape index (κ2) is 5.01. The van der Waals surface area contributed by atoms with Crippen molar-refractivity contribution in [1.29, 1.82) is 0 Å². The van der Waals surface area contributed by atoms with Gasteiger partial charge in [-0.3, -0.25) is 4.79 Å². The molecule has 3 nitrogen and oxygen atoms in total. The Hall–Kier alpha value is -1.51. The first kappa shape index (κ1) is 12.9. The summed E-state index contributed by atoms with van der Waals surface area (Å²) in [6.07, 6.45) is 2.80. The molecule has 3 heteroatoms. The maximum Gasteiger partial charge on any atom is 0.218 e. The number of ether oxygens (including phenoxy) is 1. The average molecular weight is 247 g/mol. The van der Waals surface area contributed by atoms with Gasteiger partial charge in [0.2, 0.25) is 5.91 Å². The zero-order valence-corrected chi connectivity index (χ0v) is 11.3. The van der Waals surface area contributed by atoms with Crippen LogP contribution >= 0.6 is 0 Å². The monoisotopic (exact) mass is 247 g/mol. The van der Waals surface area contributed by atoms with E-state index in [1.165, 1.54) is 24.0 Å². The Labute approximate surface area is 108 Å². The summed E-state index contributed by atoms with van der Waals surface area (Å²) in [6, 6.07) is 4.21. The van der Waals surface area contributed by atoms with Crippen LogP contribution < -0.4 is 10.5 Å². The van der Waals surface area contributed by atoms with Crippen LogP contribution in [0.1, 0.15) is 41.9 Å². The van der Waals surface area contributed by atoms with Gasteiger partial charge in [0.1, 0.15) is 5.75 Å². The lowest BCUT2D eigenvalue weighted by Gasteiger charge is -2.20. The highest BCUT2D eigenvalue weighted by molar-refractivity contribution is 5.75. The van der Waals surface area contributed by atoms with Crippen molar-refractivity contribution >= 4 is 5.91 Å². The Kier molecular flexibility index (Phi) is 3.60. The van der Waals surface area contributed by atoms with Crippen LogP contribution in [-0.4, -0.2) is 13.0 Å². The van der Waals surface area contributed by atoms with Gasteiger partial charge < -0.3 is 10.5 Å². The summed E-state index contributed by atoms with van der Waals surface area (Å²) in [5.41, 5.74) is 8.97. The SMILES string of the molecule is COc1cc(C)c(C)cc1C(CC(N)=O)C1CC1. The van der Waals surface area contributed by atoms with Gasteiger partial charge in [0.05, 0.1) is 7.11 Å². The second-order valence-electron chi connectivity index (χ2n) is 5.29. The average Bonchev–Trinajstić information content (AvgIpc) is 3.13. The fraction of sp³-hybridized carbons (Fsp3) is 0.533. The van der Waals surface area contributed by atoms with E-state index < -0.39 is 0 Å². The summed E-state index contributed by atoms with van der Waals surface area (Å²) in [7, 11) is 1.68. The van der Waals surface area contributed by atoms with Crippen molar-refractivity contribution in [3.63, 3.8) is 0 Å². The van der Waals surface area contributed by atoms with E-state index in [0.717, 1.165) is 11.3 Å². The Balaban J connectivity index is 2.39. The van der Waals surface area contributed by atoms with Crippen molar-refractivity contribution in [2.24, 2.45) is 11.7 Å². The number of carbonyl (C=O) groups excluding carboxylic acids is 1. The van der Waals surface area contributed by atoms with E-state index in [-0.39, 0.29) is 11.8 Å². The Morgan fingerprint density at radius 1 is 1.39 bits per heavy atom. The van der Waals surface area contributed by atoms with Crippen molar-refractivity contribution in [2.75, 3.05) is 7.11 Å². The van der Waals surface area contributed by atoms with Gasteiger partial charge in [-0.1, -0.05) is 6.07 Å². The summed E-state index contributed by atoms with van der Waals surface area (Å²) in [4.78, 5) is 11.2. The molecule has 1 aromatic rings.